The van der Waals surface area contributed by atoms with Crippen LogP contribution in [-0.2, 0) is 0 Å². The van der Waals surface area contributed by atoms with Gasteiger partial charge in [0.2, 0.25) is 5.95 Å². The maximum Gasteiger partial charge on any atom is 0.258 e. The first-order chi connectivity index (χ1) is 12.0. The van der Waals surface area contributed by atoms with Crippen LogP contribution in [0.1, 0.15) is 15.9 Å². The maximum absolute atomic E-state index is 12.2. The lowest BCUT2D eigenvalue weighted by Gasteiger charge is -2.08. The van der Waals surface area contributed by atoms with Crippen molar-refractivity contribution in [2.24, 2.45) is 0 Å². The van der Waals surface area contributed by atoms with E-state index in [1.807, 2.05) is 31.2 Å². The largest absolute Gasteiger partial charge is 0.323 e. The van der Waals surface area contributed by atoms with E-state index in [0.717, 1.165) is 11.3 Å². The Balaban J connectivity index is 1.70. The summed E-state index contributed by atoms with van der Waals surface area (Å²) in [6.07, 6.45) is 2.90. The van der Waals surface area contributed by atoms with Gasteiger partial charge in [-0.15, -0.1) is 0 Å². The van der Waals surface area contributed by atoms with Gasteiger partial charge in [0.15, 0.2) is 0 Å². The molecule has 0 radical (unpaired) electrons. The highest BCUT2D eigenvalue weighted by Crippen LogP contribution is 2.27. The maximum atomic E-state index is 12.2. The van der Waals surface area contributed by atoms with Gasteiger partial charge >= 0.3 is 0 Å². The molecule has 126 valence electrons. The quantitative estimate of drug-likeness (QED) is 0.669. The molecule has 0 aliphatic carbocycles. The fraction of sp³-hybridized carbons (Fsp3) is 0.0556. The van der Waals surface area contributed by atoms with E-state index in [1.54, 1.807) is 18.2 Å². The highest BCUT2D eigenvalue weighted by Gasteiger charge is 2.09. The summed E-state index contributed by atoms with van der Waals surface area (Å²) < 4.78 is 0. The molecule has 0 saturated carbocycles. The van der Waals surface area contributed by atoms with Crippen LogP contribution in [0.4, 0.5) is 17.3 Å². The Hall–Kier alpha value is -2.63. The van der Waals surface area contributed by atoms with Gasteiger partial charge in [-0.25, -0.2) is 9.97 Å². The predicted molar refractivity (Wildman–Crippen MR) is 101 cm³/mol. The molecule has 0 fully saturated rings. The average molecular weight is 373 g/mol. The van der Waals surface area contributed by atoms with Crippen molar-refractivity contribution in [2.45, 2.75) is 6.92 Å². The molecular formula is C18H14Cl2N4O. The van der Waals surface area contributed by atoms with Crippen LogP contribution in [0.15, 0.2) is 54.9 Å². The van der Waals surface area contributed by atoms with Gasteiger partial charge in [-0.2, -0.15) is 0 Å². The lowest BCUT2D eigenvalue weighted by molar-refractivity contribution is 0.102. The Morgan fingerprint density at radius 1 is 1.04 bits per heavy atom. The Bertz CT molecular complexity index is 913. The van der Waals surface area contributed by atoms with Crippen LogP contribution < -0.4 is 10.6 Å². The molecule has 1 heterocycles. The molecule has 1 amide bonds. The number of carbonyl (C=O) groups excluding carboxylic acids is 1. The van der Waals surface area contributed by atoms with Gasteiger partial charge in [-0.05, 0) is 42.8 Å². The zero-order valence-corrected chi connectivity index (χ0v) is 14.8. The SMILES string of the molecule is Cc1cccc(NC(=O)c2cnc(Nc3ccc(Cl)cc3Cl)nc2)c1. The van der Waals surface area contributed by atoms with E-state index < -0.39 is 0 Å². The highest BCUT2D eigenvalue weighted by atomic mass is 35.5. The van der Waals surface area contributed by atoms with Gasteiger partial charge in [0, 0.05) is 23.1 Å². The number of halogens is 2. The van der Waals surface area contributed by atoms with E-state index in [2.05, 4.69) is 20.6 Å². The number of aromatic nitrogens is 2. The average Bonchev–Trinajstić information content (AvgIpc) is 2.58. The van der Waals surface area contributed by atoms with Crippen molar-refractivity contribution in [1.82, 2.24) is 9.97 Å². The number of anilines is 3. The first-order valence-corrected chi connectivity index (χ1v) is 8.19. The van der Waals surface area contributed by atoms with Crippen LogP contribution in [0.25, 0.3) is 0 Å². The molecule has 0 spiro atoms. The summed E-state index contributed by atoms with van der Waals surface area (Å²) in [6, 6.07) is 12.6. The summed E-state index contributed by atoms with van der Waals surface area (Å²) in [7, 11) is 0. The molecule has 0 aliphatic rings. The third-order valence-corrected chi connectivity index (χ3v) is 3.92. The predicted octanol–water partition coefficient (Wildman–Crippen LogP) is 5.09. The zero-order chi connectivity index (χ0) is 17.8. The van der Waals surface area contributed by atoms with Gasteiger partial charge in [-0.1, -0.05) is 35.3 Å². The number of rotatable bonds is 4. The lowest BCUT2D eigenvalue weighted by Crippen LogP contribution is -2.13. The van der Waals surface area contributed by atoms with E-state index in [9.17, 15) is 4.79 Å². The summed E-state index contributed by atoms with van der Waals surface area (Å²) in [6.45, 7) is 1.96. The fourth-order valence-corrected chi connectivity index (χ4v) is 2.60. The minimum atomic E-state index is -0.276. The van der Waals surface area contributed by atoms with Crippen molar-refractivity contribution in [3.05, 3.63) is 76.0 Å². The molecule has 7 heteroatoms. The summed E-state index contributed by atoms with van der Waals surface area (Å²) in [4.78, 5) is 20.5. The minimum Gasteiger partial charge on any atom is -0.323 e. The molecule has 3 aromatic rings. The van der Waals surface area contributed by atoms with E-state index in [1.165, 1.54) is 12.4 Å². The van der Waals surface area contributed by atoms with Gasteiger partial charge in [0.25, 0.3) is 5.91 Å². The van der Waals surface area contributed by atoms with Crippen molar-refractivity contribution in [1.29, 1.82) is 0 Å². The van der Waals surface area contributed by atoms with Crippen molar-refractivity contribution in [3.8, 4) is 0 Å². The second kappa shape index (κ2) is 7.51. The first-order valence-electron chi connectivity index (χ1n) is 7.43. The van der Waals surface area contributed by atoms with Crippen molar-refractivity contribution < 1.29 is 4.79 Å². The molecule has 0 bridgehead atoms. The summed E-state index contributed by atoms with van der Waals surface area (Å²) in [5.41, 5.74) is 2.77. The molecule has 3 rings (SSSR count). The third kappa shape index (κ3) is 4.47. The number of aryl methyl sites for hydroxylation is 1. The third-order valence-electron chi connectivity index (χ3n) is 3.37. The monoisotopic (exact) mass is 372 g/mol. The molecule has 2 aromatic carbocycles. The second-order valence-electron chi connectivity index (χ2n) is 5.37. The number of nitrogens with one attached hydrogen (secondary N) is 2. The van der Waals surface area contributed by atoms with Crippen LogP contribution in [0, 0.1) is 6.92 Å². The van der Waals surface area contributed by atoms with Crippen LogP contribution >= 0.6 is 23.2 Å². The number of nitrogens with zero attached hydrogens (tertiary/aromatic N) is 2. The Morgan fingerprint density at radius 2 is 1.80 bits per heavy atom. The van der Waals surface area contributed by atoms with E-state index in [4.69, 9.17) is 23.2 Å². The van der Waals surface area contributed by atoms with Crippen LogP contribution in [0.5, 0.6) is 0 Å². The van der Waals surface area contributed by atoms with Gasteiger partial charge in [-0.3, -0.25) is 4.79 Å². The molecule has 1 aromatic heterocycles. The molecule has 0 aliphatic heterocycles. The first kappa shape index (κ1) is 17.2. The number of hydrogen-bond donors (Lipinski definition) is 2. The van der Waals surface area contributed by atoms with Gasteiger partial charge in [0.05, 0.1) is 16.3 Å². The molecular weight excluding hydrogens is 359 g/mol. The standard InChI is InChI=1S/C18H14Cl2N4O/c1-11-3-2-4-14(7-11)23-17(25)12-9-21-18(22-10-12)24-16-6-5-13(19)8-15(16)20/h2-10H,1H3,(H,23,25)(H,21,22,24). The molecule has 0 atom stereocenters. The zero-order valence-electron chi connectivity index (χ0n) is 13.3. The van der Waals surface area contributed by atoms with Crippen LogP contribution in [-0.4, -0.2) is 15.9 Å². The highest BCUT2D eigenvalue weighted by molar-refractivity contribution is 6.36. The van der Waals surface area contributed by atoms with E-state index >= 15 is 0 Å². The number of amides is 1. The molecule has 0 unspecified atom stereocenters. The van der Waals surface area contributed by atoms with Gasteiger partial charge < -0.3 is 10.6 Å². The molecule has 0 saturated heterocycles. The number of hydrogen-bond acceptors (Lipinski definition) is 4. The minimum absolute atomic E-state index is 0.276. The Labute approximate surface area is 155 Å². The topological polar surface area (TPSA) is 66.9 Å². The fourth-order valence-electron chi connectivity index (χ4n) is 2.15. The molecule has 25 heavy (non-hydrogen) atoms. The molecule has 5 nitrogen and oxygen atoms in total. The van der Waals surface area contributed by atoms with Crippen LogP contribution in [0.3, 0.4) is 0 Å². The second-order valence-corrected chi connectivity index (χ2v) is 6.21. The van der Waals surface area contributed by atoms with E-state index in [-0.39, 0.29) is 5.91 Å². The van der Waals surface area contributed by atoms with E-state index in [0.29, 0.717) is 27.2 Å². The van der Waals surface area contributed by atoms with Crippen molar-refractivity contribution >= 4 is 46.4 Å². The van der Waals surface area contributed by atoms with Crippen LogP contribution in [0.2, 0.25) is 10.0 Å². The summed E-state index contributed by atoms with van der Waals surface area (Å²) in [5, 5.41) is 6.78. The Kier molecular flexibility index (Phi) is 5.16. The summed E-state index contributed by atoms with van der Waals surface area (Å²) >= 11 is 12.0. The number of carbonyl (C=O) groups is 1. The lowest BCUT2D eigenvalue weighted by atomic mass is 10.2. The molecule has 2 N–H and O–H groups in total. The van der Waals surface area contributed by atoms with Crippen molar-refractivity contribution in [3.63, 3.8) is 0 Å². The van der Waals surface area contributed by atoms with Crippen molar-refractivity contribution in [2.75, 3.05) is 10.6 Å². The smallest absolute Gasteiger partial charge is 0.258 e. The number of benzene rings is 2. The summed E-state index contributed by atoms with van der Waals surface area (Å²) in [5.74, 6) is 0.0537. The Morgan fingerprint density at radius 3 is 2.48 bits per heavy atom. The van der Waals surface area contributed by atoms with Gasteiger partial charge in [0.1, 0.15) is 0 Å². The normalized spacial score (nSPS) is 10.4.